The van der Waals surface area contributed by atoms with E-state index in [2.05, 4.69) is 21.2 Å². The molecule has 1 N–H and O–H groups in total. The first-order valence-corrected chi connectivity index (χ1v) is 10.7. The molecule has 0 heterocycles. The second-order valence-corrected chi connectivity index (χ2v) is 7.79. The van der Waals surface area contributed by atoms with Crippen molar-refractivity contribution in [3.63, 3.8) is 0 Å². The van der Waals surface area contributed by atoms with Gasteiger partial charge in [0.05, 0.1) is 24.0 Å². The zero-order chi connectivity index (χ0) is 22.9. The minimum absolute atomic E-state index is 0.109. The van der Waals surface area contributed by atoms with Crippen molar-refractivity contribution in [2.45, 2.75) is 12.5 Å². The highest BCUT2D eigenvalue weighted by atomic mass is 79.9. The molecule has 3 rings (SSSR count). The van der Waals surface area contributed by atoms with Crippen LogP contribution in [0.25, 0.3) is 0 Å². The van der Waals surface area contributed by atoms with Crippen LogP contribution in [0.15, 0.2) is 83.3 Å². The van der Waals surface area contributed by atoms with Crippen molar-refractivity contribution >= 4 is 33.6 Å². The number of Topliss-reactive ketones (excluding diaryl/α,β-unsaturated/α-hetero) is 1. The number of hydrogen-bond donors (Lipinski definition) is 1. The molecule has 0 aromatic heterocycles. The molecule has 32 heavy (non-hydrogen) atoms. The van der Waals surface area contributed by atoms with Gasteiger partial charge in [-0.3, -0.25) is 14.4 Å². The summed E-state index contributed by atoms with van der Waals surface area (Å²) >= 11 is 3.33. The Kier molecular flexibility index (Phi) is 8.16. The van der Waals surface area contributed by atoms with E-state index < -0.39 is 18.6 Å². The van der Waals surface area contributed by atoms with Crippen molar-refractivity contribution in [1.29, 1.82) is 0 Å². The lowest BCUT2D eigenvalue weighted by atomic mass is 10.0. The number of rotatable bonds is 9. The molecule has 0 saturated heterocycles. The fourth-order valence-electron chi connectivity index (χ4n) is 3.06. The Morgan fingerprint density at radius 1 is 0.906 bits per heavy atom. The van der Waals surface area contributed by atoms with Crippen LogP contribution < -0.4 is 10.1 Å². The molecule has 164 valence electrons. The number of ether oxygens (including phenoxy) is 2. The summed E-state index contributed by atoms with van der Waals surface area (Å²) in [6.07, 6.45) is -0.109. The third-order valence-electron chi connectivity index (χ3n) is 4.75. The Hall–Kier alpha value is -3.45. The van der Waals surface area contributed by atoms with Crippen LogP contribution in [-0.2, 0) is 9.53 Å². The zero-order valence-corrected chi connectivity index (χ0v) is 19.0. The predicted molar refractivity (Wildman–Crippen MR) is 124 cm³/mol. The molecule has 1 atom stereocenters. The van der Waals surface area contributed by atoms with E-state index in [0.717, 1.165) is 5.56 Å². The van der Waals surface area contributed by atoms with Crippen LogP contribution in [-0.4, -0.2) is 31.4 Å². The van der Waals surface area contributed by atoms with Crippen molar-refractivity contribution in [1.82, 2.24) is 5.32 Å². The molecule has 0 bridgehead atoms. The number of nitrogens with one attached hydrogen (secondary N) is 1. The highest BCUT2D eigenvalue weighted by Gasteiger charge is 2.21. The van der Waals surface area contributed by atoms with Crippen LogP contribution in [0.1, 0.15) is 38.7 Å². The van der Waals surface area contributed by atoms with Gasteiger partial charge in [0.2, 0.25) is 0 Å². The Labute approximate surface area is 194 Å². The molecule has 0 spiro atoms. The van der Waals surface area contributed by atoms with Gasteiger partial charge >= 0.3 is 5.97 Å². The van der Waals surface area contributed by atoms with Crippen molar-refractivity contribution in [2.75, 3.05) is 13.7 Å². The Bertz CT molecular complexity index is 1090. The molecule has 0 fully saturated rings. The SMILES string of the molecule is COc1ccc(C(=O)COC(=O)CC(NC(=O)c2ccccc2)c2ccccc2)cc1Br. The molecular formula is C25H22BrNO5. The molecule has 3 aromatic carbocycles. The number of ketones is 1. The number of methoxy groups -OCH3 is 1. The van der Waals surface area contributed by atoms with E-state index in [1.165, 1.54) is 7.11 Å². The zero-order valence-electron chi connectivity index (χ0n) is 17.4. The minimum atomic E-state index is -0.596. The molecule has 3 aromatic rings. The van der Waals surface area contributed by atoms with Crippen molar-refractivity contribution in [3.8, 4) is 5.75 Å². The second-order valence-electron chi connectivity index (χ2n) is 6.94. The van der Waals surface area contributed by atoms with E-state index in [1.54, 1.807) is 42.5 Å². The fourth-order valence-corrected chi connectivity index (χ4v) is 3.60. The van der Waals surface area contributed by atoms with E-state index in [-0.39, 0.29) is 18.1 Å². The highest BCUT2D eigenvalue weighted by molar-refractivity contribution is 9.10. The smallest absolute Gasteiger partial charge is 0.308 e. The van der Waals surface area contributed by atoms with Gasteiger partial charge in [-0.2, -0.15) is 0 Å². The lowest BCUT2D eigenvalue weighted by molar-refractivity contribution is -0.143. The Morgan fingerprint density at radius 3 is 2.19 bits per heavy atom. The average molecular weight is 496 g/mol. The van der Waals surface area contributed by atoms with Crippen molar-refractivity contribution in [2.24, 2.45) is 0 Å². The Balaban J connectivity index is 1.64. The van der Waals surface area contributed by atoms with E-state index in [1.807, 2.05) is 36.4 Å². The normalized spacial score (nSPS) is 11.3. The summed E-state index contributed by atoms with van der Waals surface area (Å²) in [5.74, 6) is -0.635. The maximum Gasteiger partial charge on any atom is 0.308 e. The van der Waals surface area contributed by atoms with Crippen molar-refractivity contribution < 1.29 is 23.9 Å². The third-order valence-corrected chi connectivity index (χ3v) is 5.37. The first kappa shape index (κ1) is 23.2. The highest BCUT2D eigenvalue weighted by Crippen LogP contribution is 2.26. The topological polar surface area (TPSA) is 81.7 Å². The molecule has 0 radical (unpaired) electrons. The molecule has 6 nitrogen and oxygen atoms in total. The molecular weight excluding hydrogens is 474 g/mol. The first-order chi connectivity index (χ1) is 15.5. The lowest BCUT2D eigenvalue weighted by Crippen LogP contribution is -2.31. The quantitative estimate of drug-likeness (QED) is 0.342. The molecule has 0 saturated carbocycles. The molecule has 0 aliphatic heterocycles. The average Bonchev–Trinajstić information content (AvgIpc) is 2.83. The van der Waals surface area contributed by atoms with Gasteiger partial charge < -0.3 is 14.8 Å². The number of esters is 1. The summed E-state index contributed by atoms with van der Waals surface area (Å²) in [5, 5.41) is 2.88. The van der Waals surface area contributed by atoms with E-state index >= 15 is 0 Å². The van der Waals surface area contributed by atoms with Crippen LogP contribution in [0.4, 0.5) is 0 Å². The van der Waals surface area contributed by atoms with E-state index in [4.69, 9.17) is 9.47 Å². The van der Waals surface area contributed by atoms with Crippen LogP contribution in [0.3, 0.4) is 0 Å². The number of benzene rings is 3. The van der Waals surface area contributed by atoms with Crippen LogP contribution in [0.5, 0.6) is 5.75 Å². The largest absolute Gasteiger partial charge is 0.496 e. The van der Waals surface area contributed by atoms with Gasteiger partial charge in [0.15, 0.2) is 12.4 Å². The van der Waals surface area contributed by atoms with E-state index in [0.29, 0.717) is 21.3 Å². The maximum atomic E-state index is 12.6. The van der Waals surface area contributed by atoms with Gasteiger partial charge in [-0.1, -0.05) is 48.5 Å². The standard InChI is InChI=1S/C25H22BrNO5/c1-31-23-13-12-19(14-20(23)26)22(28)16-32-24(29)15-21(17-8-4-2-5-9-17)27-25(30)18-10-6-3-7-11-18/h2-14,21H,15-16H2,1H3,(H,27,30). The summed E-state index contributed by atoms with van der Waals surface area (Å²) in [6.45, 7) is -0.397. The van der Waals surface area contributed by atoms with Gasteiger partial charge in [0, 0.05) is 11.1 Å². The molecule has 1 amide bonds. The number of amides is 1. The third kappa shape index (κ3) is 6.28. The number of hydrogen-bond acceptors (Lipinski definition) is 5. The first-order valence-electron chi connectivity index (χ1n) is 9.91. The number of carbonyl (C=O) groups excluding carboxylic acids is 3. The van der Waals surface area contributed by atoms with Crippen molar-refractivity contribution in [3.05, 3.63) is 100 Å². The minimum Gasteiger partial charge on any atom is -0.496 e. The Morgan fingerprint density at radius 2 is 1.56 bits per heavy atom. The lowest BCUT2D eigenvalue weighted by Gasteiger charge is -2.18. The summed E-state index contributed by atoms with van der Waals surface area (Å²) in [7, 11) is 1.53. The molecule has 1 unspecified atom stereocenters. The fraction of sp³-hybridized carbons (Fsp3) is 0.160. The molecule has 0 aliphatic rings. The van der Waals surface area contributed by atoms with E-state index in [9.17, 15) is 14.4 Å². The maximum absolute atomic E-state index is 12.6. The van der Waals surface area contributed by atoms with Gasteiger partial charge in [-0.05, 0) is 51.8 Å². The summed E-state index contributed by atoms with van der Waals surface area (Å²) in [6, 6.07) is 22.2. The van der Waals surface area contributed by atoms with Gasteiger partial charge in [0.25, 0.3) is 5.91 Å². The van der Waals surface area contributed by atoms with Gasteiger partial charge in [-0.25, -0.2) is 0 Å². The molecule has 7 heteroatoms. The molecule has 0 aliphatic carbocycles. The summed E-state index contributed by atoms with van der Waals surface area (Å²) in [4.78, 5) is 37.5. The number of halogens is 1. The predicted octanol–water partition coefficient (Wildman–Crippen LogP) is 4.75. The monoisotopic (exact) mass is 495 g/mol. The van der Waals surface area contributed by atoms with Crippen LogP contribution in [0.2, 0.25) is 0 Å². The summed E-state index contributed by atoms with van der Waals surface area (Å²) in [5.41, 5.74) is 1.64. The van der Waals surface area contributed by atoms with Gasteiger partial charge in [-0.15, -0.1) is 0 Å². The van der Waals surface area contributed by atoms with Crippen LogP contribution in [0, 0.1) is 0 Å². The summed E-state index contributed by atoms with van der Waals surface area (Å²) < 4.78 is 11.0. The van der Waals surface area contributed by atoms with Gasteiger partial charge in [0.1, 0.15) is 5.75 Å². The second kappa shape index (κ2) is 11.2. The van der Waals surface area contributed by atoms with Crippen LogP contribution >= 0.6 is 15.9 Å². The number of carbonyl (C=O) groups is 3.